The van der Waals surface area contributed by atoms with Crippen molar-refractivity contribution in [1.29, 1.82) is 0 Å². The zero-order valence-electron chi connectivity index (χ0n) is 15.2. The minimum atomic E-state index is -0.632. The van der Waals surface area contributed by atoms with Crippen LogP contribution in [0.15, 0.2) is 42.5 Å². The summed E-state index contributed by atoms with van der Waals surface area (Å²) < 4.78 is 4.96. The van der Waals surface area contributed by atoms with E-state index in [9.17, 15) is 14.7 Å². The van der Waals surface area contributed by atoms with Crippen LogP contribution < -0.4 is 5.32 Å². The van der Waals surface area contributed by atoms with Crippen LogP contribution in [0.5, 0.6) is 0 Å². The molecule has 7 nitrogen and oxygen atoms in total. The summed E-state index contributed by atoms with van der Waals surface area (Å²) in [5.74, 6) is -0.197. The van der Waals surface area contributed by atoms with Gasteiger partial charge in [-0.25, -0.2) is 4.79 Å². The molecule has 1 aromatic heterocycles. The number of benzene rings is 1. The molecule has 0 radical (unpaired) electrons. The van der Waals surface area contributed by atoms with E-state index in [2.05, 4.69) is 10.3 Å². The lowest BCUT2D eigenvalue weighted by atomic mass is 10.1. The molecule has 27 heavy (non-hydrogen) atoms. The number of hydrogen-bond donors (Lipinski definition) is 2. The van der Waals surface area contributed by atoms with Crippen molar-refractivity contribution in [2.45, 2.75) is 19.4 Å². The molecule has 1 saturated heterocycles. The Kier molecular flexibility index (Phi) is 6.03. The lowest BCUT2D eigenvalue weighted by molar-refractivity contribution is 0.0719. The van der Waals surface area contributed by atoms with E-state index in [-0.39, 0.29) is 12.0 Å². The maximum Gasteiger partial charge on any atom is 0.409 e. The number of hydrogen-bond acceptors (Lipinski definition) is 5. The van der Waals surface area contributed by atoms with Gasteiger partial charge < -0.3 is 20.1 Å². The summed E-state index contributed by atoms with van der Waals surface area (Å²) in [6, 6.07) is 12.6. The lowest BCUT2D eigenvalue weighted by Crippen LogP contribution is -2.42. The van der Waals surface area contributed by atoms with Crippen LogP contribution in [0.4, 0.5) is 4.79 Å². The molecule has 2 N–H and O–H groups in total. The topological polar surface area (TPSA) is 91.8 Å². The van der Waals surface area contributed by atoms with Crippen LogP contribution in [0.2, 0.25) is 0 Å². The molecule has 1 fully saturated rings. The number of carbonyl (C=O) groups excluding carboxylic acids is 2. The van der Waals surface area contributed by atoms with E-state index in [0.29, 0.717) is 37.5 Å². The zero-order chi connectivity index (χ0) is 19.2. The van der Waals surface area contributed by atoms with Crippen molar-refractivity contribution in [2.75, 3.05) is 26.2 Å². The number of aliphatic hydroxyl groups excluding tert-OH is 1. The number of amides is 2. The van der Waals surface area contributed by atoms with Crippen molar-refractivity contribution < 1.29 is 19.4 Å². The third-order valence-electron chi connectivity index (χ3n) is 4.36. The fraction of sp³-hybridized carbons (Fsp3) is 0.350. The highest BCUT2D eigenvalue weighted by molar-refractivity contribution is 5.94. The summed E-state index contributed by atoms with van der Waals surface area (Å²) in [7, 11) is 0. The Morgan fingerprint density at radius 3 is 2.78 bits per heavy atom. The van der Waals surface area contributed by atoms with Crippen molar-refractivity contribution in [3.8, 4) is 11.3 Å². The first-order chi connectivity index (χ1) is 13.0. The van der Waals surface area contributed by atoms with Crippen LogP contribution in [0.25, 0.3) is 11.3 Å². The first-order valence-electron chi connectivity index (χ1n) is 9.00. The molecule has 1 atom stereocenters. The Balaban J connectivity index is 1.57. The summed E-state index contributed by atoms with van der Waals surface area (Å²) >= 11 is 0. The van der Waals surface area contributed by atoms with Gasteiger partial charge in [-0.1, -0.05) is 18.2 Å². The van der Waals surface area contributed by atoms with Crippen molar-refractivity contribution in [3.05, 3.63) is 53.7 Å². The highest BCUT2D eigenvalue weighted by Gasteiger charge is 2.19. The average molecular weight is 369 g/mol. The number of nitrogens with zero attached hydrogens (tertiary/aromatic N) is 2. The zero-order valence-corrected chi connectivity index (χ0v) is 15.2. The van der Waals surface area contributed by atoms with Gasteiger partial charge in [-0.05, 0) is 37.6 Å². The molecule has 1 unspecified atom stereocenters. The van der Waals surface area contributed by atoms with Crippen molar-refractivity contribution in [3.63, 3.8) is 0 Å². The van der Waals surface area contributed by atoms with Crippen LogP contribution in [0.1, 0.15) is 35.5 Å². The third kappa shape index (κ3) is 4.83. The summed E-state index contributed by atoms with van der Waals surface area (Å²) in [5.41, 5.74) is 2.74. The minimum Gasteiger partial charge on any atom is -0.449 e. The van der Waals surface area contributed by atoms with Gasteiger partial charge in [0.1, 0.15) is 0 Å². The first-order valence-corrected chi connectivity index (χ1v) is 9.00. The molecular weight excluding hydrogens is 346 g/mol. The minimum absolute atomic E-state index is 0.197. The van der Waals surface area contributed by atoms with Gasteiger partial charge in [-0.15, -0.1) is 0 Å². The van der Waals surface area contributed by atoms with E-state index in [1.54, 1.807) is 30.0 Å². The molecule has 7 heteroatoms. The largest absolute Gasteiger partial charge is 0.449 e. The highest BCUT2D eigenvalue weighted by atomic mass is 16.6. The SMILES string of the molecule is CC(O)c1cccc(-c2ccc(C(=O)NCCN3CCCOC3=O)cc2)n1. The van der Waals surface area contributed by atoms with E-state index in [4.69, 9.17) is 4.74 Å². The van der Waals surface area contributed by atoms with Crippen LogP contribution in [-0.4, -0.2) is 53.2 Å². The van der Waals surface area contributed by atoms with E-state index in [1.807, 2.05) is 24.3 Å². The number of ether oxygens (including phenoxy) is 1. The lowest BCUT2D eigenvalue weighted by Gasteiger charge is -2.26. The third-order valence-corrected chi connectivity index (χ3v) is 4.36. The van der Waals surface area contributed by atoms with Gasteiger partial charge in [0.05, 0.1) is 24.1 Å². The van der Waals surface area contributed by atoms with Crippen LogP contribution in [-0.2, 0) is 4.74 Å². The quantitative estimate of drug-likeness (QED) is 0.816. The summed E-state index contributed by atoms with van der Waals surface area (Å²) in [6.07, 6.45) is -0.148. The molecule has 1 aliphatic rings. The highest BCUT2D eigenvalue weighted by Crippen LogP contribution is 2.20. The van der Waals surface area contributed by atoms with Gasteiger partial charge in [0.25, 0.3) is 5.91 Å². The Morgan fingerprint density at radius 2 is 2.07 bits per heavy atom. The molecular formula is C20H23N3O4. The Labute approximate surface area is 158 Å². The molecule has 142 valence electrons. The number of aliphatic hydroxyl groups is 1. The van der Waals surface area contributed by atoms with Crippen molar-refractivity contribution in [1.82, 2.24) is 15.2 Å². The van der Waals surface area contributed by atoms with Crippen molar-refractivity contribution >= 4 is 12.0 Å². The maximum absolute atomic E-state index is 12.3. The molecule has 2 amide bonds. The molecule has 2 heterocycles. The van der Waals surface area contributed by atoms with Crippen LogP contribution in [0.3, 0.4) is 0 Å². The molecule has 1 aromatic carbocycles. The predicted molar refractivity (Wildman–Crippen MR) is 100 cm³/mol. The Hall–Kier alpha value is -2.93. The molecule has 3 rings (SSSR count). The smallest absolute Gasteiger partial charge is 0.409 e. The molecule has 0 aliphatic carbocycles. The second kappa shape index (κ2) is 8.64. The van der Waals surface area contributed by atoms with Gasteiger partial charge in [0.15, 0.2) is 0 Å². The molecule has 0 saturated carbocycles. The van der Waals surface area contributed by atoms with E-state index < -0.39 is 6.10 Å². The number of nitrogens with one attached hydrogen (secondary N) is 1. The van der Waals surface area contributed by atoms with E-state index in [0.717, 1.165) is 17.7 Å². The van der Waals surface area contributed by atoms with Crippen LogP contribution in [0, 0.1) is 0 Å². The number of carbonyl (C=O) groups is 2. The number of aromatic nitrogens is 1. The molecule has 0 bridgehead atoms. The van der Waals surface area contributed by atoms with Crippen LogP contribution >= 0.6 is 0 Å². The fourth-order valence-electron chi connectivity index (χ4n) is 2.84. The first kappa shape index (κ1) is 18.8. The van der Waals surface area contributed by atoms with E-state index >= 15 is 0 Å². The van der Waals surface area contributed by atoms with Gasteiger partial charge in [-0.3, -0.25) is 9.78 Å². The summed E-state index contributed by atoms with van der Waals surface area (Å²) in [4.78, 5) is 29.8. The molecule has 2 aromatic rings. The molecule has 1 aliphatic heterocycles. The average Bonchev–Trinajstić information content (AvgIpc) is 2.69. The Morgan fingerprint density at radius 1 is 1.30 bits per heavy atom. The number of cyclic esters (lactones) is 1. The van der Waals surface area contributed by atoms with Crippen molar-refractivity contribution in [2.24, 2.45) is 0 Å². The predicted octanol–water partition coefficient (Wildman–Crippen LogP) is 2.37. The summed E-state index contributed by atoms with van der Waals surface area (Å²) in [5, 5.41) is 12.5. The second-order valence-corrected chi connectivity index (χ2v) is 6.41. The van der Waals surface area contributed by atoms with Gasteiger partial charge in [0, 0.05) is 30.8 Å². The number of rotatable bonds is 6. The van der Waals surface area contributed by atoms with Gasteiger partial charge >= 0.3 is 6.09 Å². The van der Waals surface area contributed by atoms with Gasteiger partial charge in [-0.2, -0.15) is 0 Å². The number of pyridine rings is 1. The van der Waals surface area contributed by atoms with E-state index in [1.165, 1.54) is 0 Å². The fourth-order valence-corrected chi connectivity index (χ4v) is 2.84. The second-order valence-electron chi connectivity index (χ2n) is 6.41. The monoisotopic (exact) mass is 369 g/mol. The Bertz CT molecular complexity index is 805. The molecule has 0 spiro atoms. The standard InChI is InChI=1S/C20H23N3O4/c1-14(24)17-4-2-5-18(22-17)15-6-8-16(9-7-15)19(25)21-10-12-23-11-3-13-27-20(23)26/h2,4-9,14,24H,3,10-13H2,1H3,(H,21,25). The normalized spacial score (nSPS) is 15.2. The summed E-state index contributed by atoms with van der Waals surface area (Å²) in [6.45, 7) is 3.58. The van der Waals surface area contributed by atoms with Gasteiger partial charge in [0.2, 0.25) is 0 Å². The maximum atomic E-state index is 12.3.